The number of ether oxygens (including phenoxy) is 10. The Bertz CT molecular complexity index is 1440. The molecule has 18 heteroatoms. The molecule has 0 radical (unpaired) electrons. The van der Waals surface area contributed by atoms with Gasteiger partial charge >= 0.3 is 41.8 Å². The van der Waals surface area contributed by atoms with E-state index in [1.54, 1.807) is 55.4 Å². The molecule has 2 saturated heterocycles. The highest BCUT2D eigenvalue weighted by atomic mass is 16.8. The smallest absolute Gasteiger partial charge is 0.308 e. The number of rotatable bonds is 19. The highest BCUT2D eigenvalue weighted by Gasteiger charge is 2.65. The lowest BCUT2D eigenvalue weighted by Gasteiger charge is -2.47. The van der Waals surface area contributed by atoms with Crippen molar-refractivity contribution in [2.45, 2.75) is 152 Å². The topological polar surface area (TPSA) is 232 Å². The van der Waals surface area contributed by atoms with E-state index >= 15 is 0 Å². The first-order valence-electron chi connectivity index (χ1n) is 19.8. The van der Waals surface area contributed by atoms with E-state index in [0.717, 1.165) is 0 Å². The molecular formula is C40H64O18. The summed E-state index contributed by atoms with van der Waals surface area (Å²) < 4.78 is 59.6. The number of esters is 7. The number of aliphatic hydroxyl groups excluding tert-OH is 1. The van der Waals surface area contributed by atoms with Crippen molar-refractivity contribution in [3.63, 3.8) is 0 Å². The molecule has 2 fully saturated rings. The maximum atomic E-state index is 13.5. The number of hydrogen-bond acceptors (Lipinski definition) is 18. The zero-order chi connectivity index (χ0) is 44.4. The minimum Gasteiger partial charge on any atom is -0.463 e. The van der Waals surface area contributed by atoms with Crippen LogP contribution < -0.4 is 0 Å². The van der Waals surface area contributed by atoms with E-state index < -0.39 is 158 Å². The van der Waals surface area contributed by atoms with Crippen LogP contribution in [-0.2, 0) is 80.9 Å². The highest BCUT2D eigenvalue weighted by Crippen LogP contribution is 2.42. The van der Waals surface area contributed by atoms with Gasteiger partial charge < -0.3 is 52.5 Å². The third kappa shape index (κ3) is 13.3. The maximum absolute atomic E-state index is 13.5. The Morgan fingerprint density at radius 2 is 0.862 bits per heavy atom. The van der Waals surface area contributed by atoms with Crippen LogP contribution in [0.5, 0.6) is 0 Å². The van der Waals surface area contributed by atoms with Gasteiger partial charge in [0.1, 0.15) is 25.4 Å². The van der Waals surface area contributed by atoms with Gasteiger partial charge in [-0.15, -0.1) is 0 Å². The van der Waals surface area contributed by atoms with Gasteiger partial charge in [-0.1, -0.05) is 96.9 Å². The summed E-state index contributed by atoms with van der Waals surface area (Å²) in [6.07, 6.45) is -13.4. The van der Waals surface area contributed by atoms with Crippen molar-refractivity contribution < 1.29 is 86.0 Å². The quantitative estimate of drug-likeness (QED) is 0.146. The first-order chi connectivity index (χ1) is 26.9. The normalized spacial score (nSPS) is 27.3. The van der Waals surface area contributed by atoms with E-state index in [9.17, 15) is 38.7 Å². The highest BCUT2D eigenvalue weighted by molar-refractivity contribution is 5.75. The third-order valence-electron chi connectivity index (χ3n) is 8.89. The van der Waals surface area contributed by atoms with E-state index in [-0.39, 0.29) is 0 Å². The fourth-order valence-electron chi connectivity index (χ4n) is 5.23. The van der Waals surface area contributed by atoms with E-state index in [2.05, 4.69) is 0 Å². The van der Waals surface area contributed by atoms with Crippen molar-refractivity contribution in [3.05, 3.63) is 0 Å². The van der Waals surface area contributed by atoms with Gasteiger partial charge in [-0.25, -0.2) is 0 Å². The summed E-state index contributed by atoms with van der Waals surface area (Å²) in [6.45, 7) is 19.3. The zero-order valence-electron chi connectivity index (χ0n) is 36.2. The fourth-order valence-corrected chi connectivity index (χ4v) is 5.23. The molecule has 1 N–H and O–H groups in total. The minimum absolute atomic E-state index is 0.579. The Labute approximate surface area is 340 Å². The van der Waals surface area contributed by atoms with Gasteiger partial charge in [-0.05, 0) is 0 Å². The average Bonchev–Trinajstić information content (AvgIpc) is 3.41. The standard InChI is InChI=1S/C40H64O18/c1-18(2)32(42)49-16-26-28(53-35(45)21(7)8)31(56-38(48)24(13)14)40(57-26,17-50-33(43)19(3)4)58-39-30(55-37(47)23(11)12)29(54-36(46)22(9)10)27(25(15-41)51-39)52-34(44)20(5)6/h18-31,39,41H,15-17H2,1-14H3/t25-,26-,27-,28-,29+,30-,31+,39-,40+/m1/s1. The number of aliphatic hydroxyl groups is 1. The van der Waals surface area contributed by atoms with Crippen LogP contribution in [0.25, 0.3) is 0 Å². The van der Waals surface area contributed by atoms with Crippen LogP contribution in [0, 0.1) is 41.4 Å². The number of hydrogen-bond donors (Lipinski definition) is 1. The molecular weight excluding hydrogens is 768 g/mol. The van der Waals surface area contributed by atoms with Gasteiger partial charge in [0.25, 0.3) is 0 Å². The first kappa shape index (κ1) is 50.3. The Morgan fingerprint density at radius 1 is 0.483 bits per heavy atom. The summed E-state index contributed by atoms with van der Waals surface area (Å²) in [6, 6.07) is 0. The van der Waals surface area contributed by atoms with Crippen LogP contribution in [0.4, 0.5) is 0 Å². The predicted octanol–water partition coefficient (Wildman–Crippen LogP) is 3.05. The molecule has 9 atom stereocenters. The molecule has 0 saturated carbocycles. The van der Waals surface area contributed by atoms with Crippen molar-refractivity contribution in [1.82, 2.24) is 0 Å². The first-order valence-corrected chi connectivity index (χ1v) is 19.8. The van der Waals surface area contributed by atoms with Crippen LogP contribution in [-0.4, -0.2) is 122 Å². The molecule has 58 heavy (non-hydrogen) atoms. The van der Waals surface area contributed by atoms with Crippen LogP contribution in [0.3, 0.4) is 0 Å². The lowest BCUT2D eigenvalue weighted by atomic mass is 9.97. The molecule has 2 rings (SSSR count). The largest absolute Gasteiger partial charge is 0.463 e. The fraction of sp³-hybridized carbons (Fsp3) is 0.825. The Kier molecular flexibility index (Phi) is 19.0. The van der Waals surface area contributed by atoms with Crippen LogP contribution in [0.2, 0.25) is 0 Å². The molecule has 2 heterocycles. The molecule has 0 unspecified atom stereocenters. The second kappa shape index (κ2) is 21.9. The molecule has 0 aromatic heterocycles. The number of carbonyl (C=O) groups excluding carboxylic acids is 7. The van der Waals surface area contributed by atoms with Gasteiger partial charge in [0.2, 0.25) is 12.1 Å². The number of carbonyl (C=O) groups is 7. The summed E-state index contributed by atoms with van der Waals surface area (Å²) in [7, 11) is 0. The molecule has 0 amide bonds. The van der Waals surface area contributed by atoms with Crippen LogP contribution in [0.1, 0.15) is 96.9 Å². The molecule has 2 aliphatic heterocycles. The van der Waals surface area contributed by atoms with E-state index in [1.165, 1.54) is 41.5 Å². The van der Waals surface area contributed by atoms with Crippen LogP contribution in [0.15, 0.2) is 0 Å². The lowest BCUT2D eigenvalue weighted by molar-refractivity contribution is -0.385. The van der Waals surface area contributed by atoms with Crippen molar-refractivity contribution >= 4 is 41.8 Å². The molecule has 0 aromatic rings. The SMILES string of the molecule is CC(C)C(=O)OC[C@H]1O[C@@](COC(=O)C(C)C)(O[C@H]2O[C@H](CO)[C@@H](OC(=O)C(C)C)[C@H](OC(=O)C(C)C)[C@H]2OC(=O)C(C)C)[C@@H](OC(=O)C(C)C)[C@@H]1OC(=O)C(C)C. The van der Waals surface area contributed by atoms with Gasteiger partial charge in [0.05, 0.1) is 48.0 Å². The predicted molar refractivity (Wildman–Crippen MR) is 200 cm³/mol. The molecule has 18 nitrogen and oxygen atoms in total. The summed E-state index contributed by atoms with van der Waals surface area (Å²) in [5, 5.41) is 10.6. The summed E-state index contributed by atoms with van der Waals surface area (Å²) in [5.74, 6) is -13.0. The van der Waals surface area contributed by atoms with Gasteiger partial charge in [-0.2, -0.15) is 0 Å². The van der Waals surface area contributed by atoms with Crippen molar-refractivity contribution in [2.75, 3.05) is 19.8 Å². The molecule has 2 aliphatic rings. The molecule has 0 aromatic carbocycles. The van der Waals surface area contributed by atoms with E-state index in [4.69, 9.17) is 47.4 Å². The van der Waals surface area contributed by atoms with Crippen molar-refractivity contribution in [2.24, 2.45) is 41.4 Å². The Hall–Kier alpha value is -3.87. The van der Waals surface area contributed by atoms with Crippen molar-refractivity contribution in [1.29, 1.82) is 0 Å². The summed E-state index contributed by atoms with van der Waals surface area (Å²) in [4.78, 5) is 92.2. The van der Waals surface area contributed by atoms with Gasteiger partial charge in [0.15, 0.2) is 30.5 Å². The maximum Gasteiger partial charge on any atom is 0.308 e. The second-order valence-corrected chi connectivity index (χ2v) is 16.6. The van der Waals surface area contributed by atoms with Gasteiger partial charge in [0, 0.05) is 0 Å². The molecule has 0 bridgehead atoms. The molecule has 0 aliphatic carbocycles. The minimum atomic E-state index is -2.52. The van der Waals surface area contributed by atoms with E-state index in [0.29, 0.717) is 0 Å². The monoisotopic (exact) mass is 832 g/mol. The average molecular weight is 833 g/mol. The van der Waals surface area contributed by atoms with Gasteiger partial charge in [-0.3, -0.25) is 33.6 Å². The van der Waals surface area contributed by atoms with Crippen LogP contribution >= 0.6 is 0 Å². The Balaban J connectivity index is 2.99. The van der Waals surface area contributed by atoms with E-state index in [1.807, 2.05) is 0 Å². The zero-order valence-corrected chi connectivity index (χ0v) is 36.2. The second-order valence-electron chi connectivity index (χ2n) is 16.6. The summed E-state index contributed by atoms with van der Waals surface area (Å²) in [5.41, 5.74) is 0. The lowest BCUT2D eigenvalue weighted by Crippen LogP contribution is -2.66. The molecule has 0 spiro atoms. The summed E-state index contributed by atoms with van der Waals surface area (Å²) >= 11 is 0. The third-order valence-corrected chi connectivity index (χ3v) is 8.89. The molecule has 332 valence electrons. The van der Waals surface area contributed by atoms with Crippen molar-refractivity contribution in [3.8, 4) is 0 Å². The Morgan fingerprint density at radius 3 is 1.29 bits per heavy atom.